The van der Waals surface area contributed by atoms with Crippen molar-refractivity contribution in [2.24, 2.45) is 0 Å². The van der Waals surface area contributed by atoms with E-state index in [1.165, 1.54) is 37.3 Å². The van der Waals surface area contributed by atoms with E-state index >= 15 is 0 Å². The smallest absolute Gasteiger partial charge is 0.387 e. The summed E-state index contributed by atoms with van der Waals surface area (Å²) in [7, 11) is 0. The first-order chi connectivity index (χ1) is 13.3. The second-order valence-electron chi connectivity index (χ2n) is 6.60. The number of esters is 1. The van der Waals surface area contributed by atoms with Gasteiger partial charge >= 0.3 is 12.6 Å². The summed E-state index contributed by atoms with van der Waals surface area (Å²) >= 11 is 0. The molecule has 1 aromatic rings. The number of halogens is 2. The van der Waals surface area contributed by atoms with Crippen molar-refractivity contribution in [1.29, 1.82) is 5.26 Å². The van der Waals surface area contributed by atoms with Crippen molar-refractivity contribution in [1.82, 2.24) is 5.32 Å². The van der Waals surface area contributed by atoms with Crippen molar-refractivity contribution in [2.45, 2.75) is 57.3 Å². The highest BCUT2D eigenvalue weighted by Crippen LogP contribution is 2.27. The van der Waals surface area contributed by atoms with Crippen LogP contribution in [0.4, 0.5) is 8.78 Å². The Balaban J connectivity index is 1.86. The van der Waals surface area contributed by atoms with Crippen LogP contribution in [0.5, 0.6) is 5.75 Å². The van der Waals surface area contributed by atoms with Gasteiger partial charge in [-0.3, -0.25) is 4.79 Å². The lowest BCUT2D eigenvalue weighted by atomic mass is 9.83. The molecule has 0 radical (unpaired) electrons. The summed E-state index contributed by atoms with van der Waals surface area (Å²) in [6.45, 7) is -1.47. The fourth-order valence-corrected chi connectivity index (χ4v) is 2.95. The van der Waals surface area contributed by atoms with Crippen molar-refractivity contribution >= 4 is 18.0 Å². The Morgan fingerprint density at radius 1 is 1.21 bits per heavy atom. The number of nitriles is 1. The molecule has 1 saturated carbocycles. The van der Waals surface area contributed by atoms with Gasteiger partial charge in [-0.05, 0) is 43.5 Å². The van der Waals surface area contributed by atoms with E-state index in [1.807, 2.05) is 0 Å². The molecule has 1 atom stereocenters. The molecule has 8 heteroatoms. The molecule has 0 heterocycles. The number of carbonyl (C=O) groups excluding carboxylic acids is 2. The summed E-state index contributed by atoms with van der Waals surface area (Å²) in [6.07, 6.45) is 5.44. The first-order valence-corrected chi connectivity index (χ1v) is 9.00. The number of rotatable bonds is 7. The topological polar surface area (TPSA) is 88.4 Å². The number of nitrogens with zero attached hydrogens (tertiary/aromatic N) is 1. The summed E-state index contributed by atoms with van der Waals surface area (Å²) in [5, 5.41) is 12.1. The average molecular weight is 392 g/mol. The average Bonchev–Trinajstić information content (AvgIpc) is 2.67. The van der Waals surface area contributed by atoms with E-state index in [2.05, 4.69) is 16.1 Å². The van der Waals surface area contributed by atoms with Crippen molar-refractivity contribution < 1.29 is 27.8 Å². The molecule has 1 fully saturated rings. The van der Waals surface area contributed by atoms with Gasteiger partial charge in [0.15, 0.2) is 6.10 Å². The highest BCUT2D eigenvalue weighted by atomic mass is 19.3. The maximum Gasteiger partial charge on any atom is 0.387 e. The predicted molar refractivity (Wildman–Crippen MR) is 97.2 cm³/mol. The SMILES string of the molecule is C[C@@H](OC(=O)/C=C/c1ccc(OC(F)F)cc1)C(=O)NC1(C#N)CCCCC1. The lowest BCUT2D eigenvalue weighted by molar-refractivity contribution is -0.150. The number of amides is 1. The van der Waals surface area contributed by atoms with Crippen LogP contribution in [-0.2, 0) is 14.3 Å². The number of hydrogen-bond acceptors (Lipinski definition) is 5. The minimum atomic E-state index is -2.90. The van der Waals surface area contributed by atoms with E-state index in [1.54, 1.807) is 0 Å². The van der Waals surface area contributed by atoms with Gasteiger partial charge in [0.25, 0.3) is 5.91 Å². The molecule has 0 spiro atoms. The molecule has 28 heavy (non-hydrogen) atoms. The maximum atomic E-state index is 12.3. The molecule has 150 valence electrons. The van der Waals surface area contributed by atoms with Gasteiger partial charge in [0.2, 0.25) is 0 Å². The van der Waals surface area contributed by atoms with Crippen LogP contribution in [-0.4, -0.2) is 30.1 Å². The van der Waals surface area contributed by atoms with Crippen LogP contribution in [0.1, 0.15) is 44.6 Å². The van der Waals surface area contributed by atoms with Crippen molar-refractivity contribution in [3.05, 3.63) is 35.9 Å². The van der Waals surface area contributed by atoms with Gasteiger partial charge in [0.1, 0.15) is 11.3 Å². The molecular weight excluding hydrogens is 370 g/mol. The molecule has 0 unspecified atom stereocenters. The van der Waals surface area contributed by atoms with Crippen molar-refractivity contribution in [3.63, 3.8) is 0 Å². The molecule has 0 saturated heterocycles. The van der Waals surface area contributed by atoms with Crippen molar-refractivity contribution in [3.8, 4) is 11.8 Å². The molecule has 0 bridgehead atoms. The van der Waals surface area contributed by atoms with Crippen LogP contribution in [0.3, 0.4) is 0 Å². The molecule has 2 rings (SSSR count). The van der Waals surface area contributed by atoms with Crippen LogP contribution in [0.25, 0.3) is 6.08 Å². The first-order valence-electron chi connectivity index (χ1n) is 9.00. The Morgan fingerprint density at radius 2 is 1.86 bits per heavy atom. The molecule has 0 aliphatic heterocycles. The normalized spacial score (nSPS) is 17.0. The fraction of sp³-hybridized carbons (Fsp3) is 0.450. The lowest BCUT2D eigenvalue weighted by Crippen LogP contribution is -2.52. The van der Waals surface area contributed by atoms with Gasteiger partial charge in [0.05, 0.1) is 6.07 Å². The quantitative estimate of drug-likeness (QED) is 0.566. The summed E-state index contributed by atoms with van der Waals surface area (Å²) in [4.78, 5) is 24.2. The first kappa shape index (κ1) is 21.4. The molecule has 1 aromatic carbocycles. The van der Waals surface area contributed by atoms with Crippen LogP contribution in [0.2, 0.25) is 0 Å². The molecule has 1 aliphatic rings. The summed E-state index contributed by atoms with van der Waals surface area (Å²) in [5.41, 5.74) is -0.324. The number of carbonyl (C=O) groups is 2. The number of hydrogen-bond donors (Lipinski definition) is 1. The van der Waals surface area contributed by atoms with E-state index in [-0.39, 0.29) is 5.75 Å². The van der Waals surface area contributed by atoms with Crippen LogP contribution in [0.15, 0.2) is 30.3 Å². The third-order valence-electron chi connectivity index (χ3n) is 4.46. The lowest BCUT2D eigenvalue weighted by Gasteiger charge is -2.32. The monoisotopic (exact) mass is 392 g/mol. The summed E-state index contributed by atoms with van der Waals surface area (Å²) < 4.78 is 33.5. The van der Waals surface area contributed by atoms with Crippen LogP contribution >= 0.6 is 0 Å². The van der Waals surface area contributed by atoms with Crippen molar-refractivity contribution in [2.75, 3.05) is 0 Å². The molecular formula is C20H22F2N2O4. The highest BCUT2D eigenvalue weighted by Gasteiger charge is 2.35. The van der Waals surface area contributed by atoms with Gasteiger partial charge in [-0.2, -0.15) is 14.0 Å². The number of nitrogens with one attached hydrogen (secondary N) is 1. The van der Waals surface area contributed by atoms with Gasteiger partial charge in [-0.15, -0.1) is 0 Å². The maximum absolute atomic E-state index is 12.3. The molecule has 1 amide bonds. The molecule has 1 aliphatic carbocycles. The Kier molecular flexibility index (Phi) is 7.50. The molecule has 6 nitrogen and oxygen atoms in total. The highest BCUT2D eigenvalue weighted by molar-refractivity contribution is 5.90. The van der Waals surface area contributed by atoms with Gasteiger partial charge in [-0.25, -0.2) is 4.79 Å². The Bertz CT molecular complexity index is 750. The third-order valence-corrected chi connectivity index (χ3v) is 4.46. The number of alkyl halides is 2. The second-order valence-corrected chi connectivity index (χ2v) is 6.60. The zero-order valence-corrected chi connectivity index (χ0v) is 15.5. The number of ether oxygens (including phenoxy) is 2. The fourth-order valence-electron chi connectivity index (χ4n) is 2.95. The minimum Gasteiger partial charge on any atom is -0.449 e. The van der Waals surface area contributed by atoms with Crippen LogP contribution in [0, 0.1) is 11.3 Å². The van der Waals surface area contributed by atoms with Crippen LogP contribution < -0.4 is 10.1 Å². The van der Waals surface area contributed by atoms with Gasteiger partial charge in [0, 0.05) is 6.08 Å². The largest absolute Gasteiger partial charge is 0.449 e. The Morgan fingerprint density at radius 3 is 2.43 bits per heavy atom. The standard InChI is InChI=1S/C20H22F2N2O4/c1-14(18(26)24-20(13-23)11-3-2-4-12-20)27-17(25)10-7-15-5-8-16(9-6-15)28-19(21)22/h5-10,14,19H,2-4,11-12H2,1H3,(H,24,26)/b10-7+/t14-/m1/s1. The summed E-state index contributed by atoms with van der Waals surface area (Å²) in [5.74, 6) is -1.24. The van der Waals surface area contributed by atoms with E-state index in [9.17, 15) is 23.6 Å². The third kappa shape index (κ3) is 6.34. The predicted octanol–water partition coefficient (Wildman–Crippen LogP) is 3.58. The Labute approximate surface area is 162 Å². The van der Waals surface area contributed by atoms with E-state index in [0.717, 1.165) is 25.3 Å². The van der Waals surface area contributed by atoms with E-state index < -0.39 is 30.1 Å². The zero-order chi connectivity index (χ0) is 20.6. The van der Waals surface area contributed by atoms with E-state index in [0.29, 0.717) is 18.4 Å². The van der Waals surface area contributed by atoms with Gasteiger partial charge in [-0.1, -0.05) is 31.4 Å². The summed E-state index contributed by atoms with van der Waals surface area (Å²) in [6, 6.07) is 7.86. The second kappa shape index (κ2) is 9.83. The molecule has 1 N–H and O–H groups in total. The number of benzene rings is 1. The Hall–Kier alpha value is -2.95. The molecule has 0 aromatic heterocycles. The van der Waals surface area contributed by atoms with Gasteiger partial charge < -0.3 is 14.8 Å². The van der Waals surface area contributed by atoms with E-state index in [4.69, 9.17) is 4.74 Å². The zero-order valence-electron chi connectivity index (χ0n) is 15.5. The minimum absolute atomic E-state index is 0.00848.